The van der Waals surface area contributed by atoms with E-state index in [0.717, 1.165) is 11.9 Å². The lowest BCUT2D eigenvalue weighted by atomic mass is 10.0. The molecule has 9 nitrogen and oxygen atoms in total. The molecule has 0 saturated carbocycles. The summed E-state index contributed by atoms with van der Waals surface area (Å²) in [7, 11) is -3.60. The number of carbonyl (C=O) groups excluding carboxylic acids is 1. The lowest BCUT2D eigenvalue weighted by molar-refractivity contribution is -0.153. The molecule has 0 amide bonds. The molecule has 0 aliphatic carbocycles. The third kappa shape index (κ3) is 4.77. The number of carbonyl (C=O) groups is 1. The van der Waals surface area contributed by atoms with Gasteiger partial charge in [0.25, 0.3) is 0 Å². The number of benzene rings is 1. The second-order valence-electron chi connectivity index (χ2n) is 7.84. The molecule has 170 valence electrons. The van der Waals surface area contributed by atoms with Gasteiger partial charge in [-0.1, -0.05) is 6.92 Å². The van der Waals surface area contributed by atoms with Crippen LogP contribution in [0.2, 0.25) is 0 Å². The molecule has 2 aliphatic heterocycles. The summed E-state index contributed by atoms with van der Waals surface area (Å²) >= 11 is 0. The first-order chi connectivity index (χ1) is 15.0. The van der Waals surface area contributed by atoms with Crippen molar-refractivity contribution in [2.45, 2.75) is 44.2 Å². The molecule has 1 aromatic carbocycles. The molecule has 2 aromatic rings. The van der Waals surface area contributed by atoms with E-state index in [1.165, 1.54) is 4.31 Å². The highest BCUT2D eigenvalue weighted by Gasteiger charge is 2.27. The number of ether oxygens (including phenoxy) is 3. The Morgan fingerprint density at radius 2 is 1.87 bits per heavy atom. The number of aryl methyl sites for hydroxylation is 1. The maximum absolute atomic E-state index is 13.0. The summed E-state index contributed by atoms with van der Waals surface area (Å²) < 4.78 is 45.6. The second-order valence-corrected chi connectivity index (χ2v) is 9.78. The molecule has 10 heteroatoms. The SMILES string of the molecule is CCCn1c(COC(=O)C2CCOCC2)nc2cc(S(=O)(=O)N3CCOCC3)ccc21. The zero-order valence-electron chi connectivity index (χ0n) is 17.8. The van der Waals surface area contributed by atoms with Crippen molar-refractivity contribution < 1.29 is 27.4 Å². The van der Waals surface area contributed by atoms with E-state index in [9.17, 15) is 13.2 Å². The third-order valence-corrected chi connectivity index (χ3v) is 7.65. The van der Waals surface area contributed by atoms with Crippen molar-refractivity contribution in [3.8, 4) is 0 Å². The number of nitrogens with zero attached hydrogens (tertiary/aromatic N) is 3. The number of morpholine rings is 1. The Morgan fingerprint density at radius 1 is 1.16 bits per heavy atom. The topological polar surface area (TPSA) is 100.0 Å². The molecule has 4 rings (SSSR count). The van der Waals surface area contributed by atoms with Crippen LogP contribution in [0.4, 0.5) is 0 Å². The number of hydrogen-bond donors (Lipinski definition) is 0. The molecule has 3 heterocycles. The number of imidazole rings is 1. The molecule has 0 N–H and O–H groups in total. The predicted octanol–water partition coefficient (Wildman–Crippen LogP) is 1.94. The van der Waals surface area contributed by atoms with Gasteiger partial charge in [0.2, 0.25) is 10.0 Å². The fourth-order valence-electron chi connectivity index (χ4n) is 4.03. The van der Waals surface area contributed by atoms with Crippen LogP contribution in [0.5, 0.6) is 0 Å². The van der Waals surface area contributed by atoms with Crippen LogP contribution in [-0.4, -0.2) is 67.8 Å². The smallest absolute Gasteiger partial charge is 0.309 e. The van der Waals surface area contributed by atoms with E-state index in [0.29, 0.717) is 70.2 Å². The molecule has 2 fully saturated rings. The average Bonchev–Trinajstić information content (AvgIpc) is 3.15. The molecule has 31 heavy (non-hydrogen) atoms. The number of aromatic nitrogens is 2. The number of fused-ring (bicyclic) bond motifs is 1. The third-order valence-electron chi connectivity index (χ3n) is 5.75. The quantitative estimate of drug-likeness (QED) is 0.593. The first-order valence-electron chi connectivity index (χ1n) is 10.8. The molecule has 1 aromatic heterocycles. The highest BCUT2D eigenvalue weighted by molar-refractivity contribution is 7.89. The van der Waals surface area contributed by atoms with Gasteiger partial charge in [-0.05, 0) is 37.5 Å². The Morgan fingerprint density at radius 3 is 2.58 bits per heavy atom. The van der Waals surface area contributed by atoms with Crippen LogP contribution in [-0.2, 0) is 42.2 Å². The van der Waals surface area contributed by atoms with Gasteiger partial charge < -0.3 is 18.8 Å². The van der Waals surface area contributed by atoms with Crippen molar-refractivity contribution >= 4 is 27.0 Å². The maximum Gasteiger partial charge on any atom is 0.309 e. The Bertz CT molecular complexity index is 1020. The van der Waals surface area contributed by atoms with Gasteiger partial charge in [0.1, 0.15) is 12.4 Å². The minimum absolute atomic E-state index is 0.0659. The molecular weight excluding hydrogens is 422 g/mol. The zero-order chi connectivity index (χ0) is 21.8. The van der Waals surface area contributed by atoms with Crippen molar-refractivity contribution in [2.75, 3.05) is 39.5 Å². The molecule has 0 spiro atoms. The van der Waals surface area contributed by atoms with Crippen molar-refractivity contribution in [1.82, 2.24) is 13.9 Å². The summed E-state index contributed by atoms with van der Waals surface area (Å²) in [6.07, 6.45) is 2.22. The van der Waals surface area contributed by atoms with E-state index in [-0.39, 0.29) is 23.4 Å². The van der Waals surface area contributed by atoms with Gasteiger partial charge in [0, 0.05) is 32.8 Å². The van der Waals surface area contributed by atoms with Gasteiger partial charge in [-0.15, -0.1) is 0 Å². The summed E-state index contributed by atoms with van der Waals surface area (Å²) in [6.45, 7) is 5.47. The monoisotopic (exact) mass is 451 g/mol. The Kier molecular flexibility index (Phi) is 6.90. The van der Waals surface area contributed by atoms with Crippen molar-refractivity contribution in [3.05, 3.63) is 24.0 Å². The lowest BCUT2D eigenvalue weighted by Gasteiger charge is -2.26. The second kappa shape index (κ2) is 9.64. The standard InChI is InChI=1S/C21H29N3O6S/c1-2-7-24-19-4-3-17(31(26,27)23-8-12-29-13-9-23)14-18(19)22-20(24)15-30-21(25)16-5-10-28-11-6-16/h3-4,14,16H,2,5-13,15H2,1H3. The largest absolute Gasteiger partial charge is 0.457 e. The lowest BCUT2D eigenvalue weighted by Crippen LogP contribution is -2.40. The van der Waals surface area contributed by atoms with Gasteiger partial charge in [-0.3, -0.25) is 4.79 Å². The zero-order valence-corrected chi connectivity index (χ0v) is 18.6. The maximum atomic E-state index is 13.0. The first kappa shape index (κ1) is 22.2. The Hall–Kier alpha value is -2.01. The van der Waals surface area contributed by atoms with E-state index in [2.05, 4.69) is 11.9 Å². The van der Waals surface area contributed by atoms with Gasteiger partial charge in [-0.25, -0.2) is 13.4 Å². The minimum Gasteiger partial charge on any atom is -0.457 e. The van der Waals surface area contributed by atoms with Crippen molar-refractivity contribution in [2.24, 2.45) is 5.92 Å². The summed E-state index contributed by atoms with van der Waals surface area (Å²) in [4.78, 5) is 17.2. The van der Waals surface area contributed by atoms with E-state index in [4.69, 9.17) is 14.2 Å². The highest BCUT2D eigenvalue weighted by Crippen LogP contribution is 2.25. The predicted molar refractivity (Wildman–Crippen MR) is 113 cm³/mol. The van der Waals surface area contributed by atoms with E-state index in [1.54, 1.807) is 18.2 Å². The normalized spacial score (nSPS) is 19.0. The number of esters is 1. The molecule has 2 aliphatic rings. The fraction of sp³-hybridized carbons (Fsp3) is 0.619. The van der Waals surface area contributed by atoms with Crippen molar-refractivity contribution in [3.63, 3.8) is 0 Å². The van der Waals surface area contributed by atoms with Crippen LogP contribution in [0.25, 0.3) is 11.0 Å². The van der Waals surface area contributed by atoms with Crippen LogP contribution in [0, 0.1) is 5.92 Å². The molecule has 2 saturated heterocycles. The summed E-state index contributed by atoms with van der Waals surface area (Å²) in [6, 6.07) is 5.02. The van der Waals surface area contributed by atoms with Gasteiger partial charge in [0.15, 0.2) is 0 Å². The summed E-state index contributed by atoms with van der Waals surface area (Å²) in [5, 5.41) is 0. The number of hydrogen-bond acceptors (Lipinski definition) is 7. The van der Waals surface area contributed by atoms with Crippen LogP contribution in [0.15, 0.2) is 23.1 Å². The minimum atomic E-state index is -3.60. The van der Waals surface area contributed by atoms with E-state index >= 15 is 0 Å². The molecule has 0 unspecified atom stereocenters. The Labute approximate surface area is 182 Å². The fourth-order valence-corrected chi connectivity index (χ4v) is 5.45. The van der Waals surface area contributed by atoms with Gasteiger partial charge in [0.05, 0.1) is 35.1 Å². The number of rotatable bonds is 7. The Balaban J connectivity index is 1.57. The van der Waals surface area contributed by atoms with Gasteiger partial charge in [-0.2, -0.15) is 4.31 Å². The van der Waals surface area contributed by atoms with Gasteiger partial charge >= 0.3 is 5.97 Å². The molecular formula is C21H29N3O6S. The van der Waals surface area contributed by atoms with Crippen LogP contribution in [0.3, 0.4) is 0 Å². The number of sulfonamides is 1. The van der Waals surface area contributed by atoms with Crippen LogP contribution in [0.1, 0.15) is 32.0 Å². The van der Waals surface area contributed by atoms with Crippen LogP contribution < -0.4 is 0 Å². The highest BCUT2D eigenvalue weighted by atomic mass is 32.2. The van der Waals surface area contributed by atoms with E-state index in [1.807, 2.05) is 4.57 Å². The van der Waals surface area contributed by atoms with Crippen LogP contribution >= 0.6 is 0 Å². The summed E-state index contributed by atoms with van der Waals surface area (Å²) in [5.41, 5.74) is 1.42. The summed E-state index contributed by atoms with van der Waals surface area (Å²) in [5.74, 6) is 0.259. The molecule has 0 atom stereocenters. The average molecular weight is 452 g/mol. The molecule has 0 bridgehead atoms. The van der Waals surface area contributed by atoms with E-state index < -0.39 is 10.0 Å². The van der Waals surface area contributed by atoms with Crippen molar-refractivity contribution in [1.29, 1.82) is 0 Å². The molecule has 0 radical (unpaired) electrons. The first-order valence-corrected chi connectivity index (χ1v) is 12.3.